The number of carbonyl (C=O) groups is 1. The molecule has 3 rings (SSSR count). The van der Waals surface area contributed by atoms with Gasteiger partial charge in [0, 0.05) is 41.1 Å². The fourth-order valence-electron chi connectivity index (χ4n) is 2.58. The van der Waals surface area contributed by atoms with Gasteiger partial charge in [0.1, 0.15) is 0 Å². The molecule has 0 saturated carbocycles. The van der Waals surface area contributed by atoms with Gasteiger partial charge in [-0.25, -0.2) is 0 Å². The van der Waals surface area contributed by atoms with Crippen molar-refractivity contribution in [2.75, 3.05) is 0 Å². The zero-order chi connectivity index (χ0) is 19.4. The molecule has 3 nitrogen and oxygen atoms in total. The second kappa shape index (κ2) is 8.94. The lowest BCUT2D eigenvalue weighted by Gasteiger charge is -2.24. The third-order valence-corrected chi connectivity index (χ3v) is 5.25. The normalized spacial score (nSPS) is 10.7. The van der Waals surface area contributed by atoms with Gasteiger partial charge in [-0.3, -0.25) is 9.78 Å². The summed E-state index contributed by atoms with van der Waals surface area (Å²) >= 11 is 24.3. The molecular weight excluding hydrogens is 426 g/mol. The Labute approximate surface area is 177 Å². The van der Waals surface area contributed by atoms with Crippen LogP contribution in [0, 0.1) is 0 Å². The average Bonchev–Trinajstić information content (AvgIpc) is 2.65. The van der Waals surface area contributed by atoms with E-state index in [0.29, 0.717) is 38.7 Å². The van der Waals surface area contributed by atoms with E-state index in [4.69, 9.17) is 46.4 Å². The van der Waals surface area contributed by atoms with Crippen LogP contribution in [0.15, 0.2) is 60.9 Å². The first-order valence-corrected chi connectivity index (χ1v) is 9.52. The van der Waals surface area contributed by atoms with E-state index >= 15 is 0 Å². The second-order valence-corrected chi connectivity index (χ2v) is 7.55. The predicted molar refractivity (Wildman–Crippen MR) is 111 cm³/mol. The van der Waals surface area contributed by atoms with Gasteiger partial charge < -0.3 is 4.90 Å². The Balaban J connectivity index is 1.93. The first kappa shape index (κ1) is 20.0. The zero-order valence-corrected chi connectivity index (χ0v) is 17.0. The molecule has 3 aromatic rings. The molecular formula is C20H14Cl4N2O. The molecule has 0 spiro atoms. The van der Waals surface area contributed by atoms with Crippen LogP contribution in [-0.2, 0) is 13.1 Å². The van der Waals surface area contributed by atoms with Crippen molar-refractivity contribution in [3.8, 4) is 0 Å². The van der Waals surface area contributed by atoms with Crippen molar-refractivity contribution < 1.29 is 4.79 Å². The third-order valence-electron chi connectivity index (χ3n) is 3.93. The first-order chi connectivity index (χ1) is 12.9. The first-order valence-electron chi connectivity index (χ1n) is 8.01. The number of aromatic nitrogens is 1. The molecule has 0 bridgehead atoms. The number of benzene rings is 2. The van der Waals surface area contributed by atoms with Gasteiger partial charge in [-0.1, -0.05) is 58.5 Å². The molecule has 0 atom stereocenters. The highest BCUT2D eigenvalue weighted by Gasteiger charge is 2.19. The molecule has 1 heterocycles. The van der Waals surface area contributed by atoms with E-state index < -0.39 is 0 Å². The number of halogens is 4. The Bertz CT molecular complexity index is 963. The summed E-state index contributed by atoms with van der Waals surface area (Å²) in [7, 11) is 0. The molecule has 27 heavy (non-hydrogen) atoms. The Kier molecular flexibility index (Phi) is 6.61. The highest BCUT2D eigenvalue weighted by Crippen LogP contribution is 2.26. The maximum atomic E-state index is 13.1. The SMILES string of the molecule is O=C(c1ccc(Cl)c(Cl)c1)N(Cc1cccnc1)Cc1ccc(Cl)cc1Cl. The summed E-state index contributed by atoms with van der Waals surface area (Å²) < 4.78 is 0. The minimum atomic E-state index is -0.191. The van der Waals surface area contributed by atoms with E-state index in [1.54, 1.807) is 47.6 Å². The van der Waals surface area contributed by atoms with Crippen LogP contribution in [-0.4, -0.2) is 15.8 Å². The lowest BCUT2D eigenvalue weighted by Crippen LogP contribution is -2.30. The van der Waals surface area contributed by atoms with Gasteiger partial charge in [0.25, 0.3) is 5.91 Å². The van der Waals surface area contributed by atoms with Gasteiger partial charge in [0.05, 0.1) is 10.0 Å². The molecule has 0 aliphatic heterocycles. The summed E-state index contributed by atoms with van der Waals surface area (Å²) in [6.07, 6.45) is 3.41. The molecule has 1 aromatic heterocycles. The van der Waals surface area contributed by atoms with Gasteiger partial charge in [0.15, 0.2) is 0 Å². The van der Waals surface area contributed by atoms with Gasteiger partial charge in [-0.15, -0.1) is 0 Å². The van der Waals surface area contributed by atoms with Crippen LogP contribution >= 0.6 is 46.4 Å². The Hall–Kier alpha value is -1.78. The number of hydrogen-bond acceptors (Lipinski definition) is 2. The summed E-state index contributed by atoms with van der Waals surface area (Å²) in [6, 6.07) is 13.8. The summed E-state index contributed by atoms with van der Waals surface area (Å²) in [4.78, 5) is 18.9. The van der Waals surface area contributed by atoms with Crippen LogP contribution in [0.5, 0.6) is 0 Å². The topological polar surface area (TPSA) is 33.2 Å². The summed E-state index contributed by atoms with van der Waals surface area (Å²) in [5.74, 6) is -0.191. The maximum absolute atomic E-state index is 13.1. The molecule has 138 valence electrons. The Morgan fingerprint density at radius 3 is 2.37 bits per heavy atom. The Morgan fingerprint density at radius 2 is 1.70 bits per heavy atom. The van der Waals surface area contributed by atoms with Crippen molar-refractivity contribution in [2.24, 2.45) is 0 Å². The quantitative estimate of drug-likeness (QED) is 0.452. The lowest BCUT2D eigenvalue weighted by molar-refractivity contribution is 0.0730. The van der Waals surface area contributed by atoms with E-state index in [2.05, 4.69) is 4.98 Å². The van der Waals surface area contributed by atoms with E-state index in [-0.39, 0.29) is 5.91 Å². The number of rotatable bonds is 5. The molecule has 0 fully saturated rings. The molecule has 0 saturated heterocycles. The number of hydrogen-bond donors (Lipinski definition) is 0. The maximum Gasteiger partial charge on any atom is 0.254 e. The van der Waals surface area contributed by atoms with Crippen LogP contribution in [0.2, 0.25) is 20.1 Å². The van der Waals surface area contributed by atoms with Crippen molar-refractivity contribution >= 4 is 52.3 Å². The molecule has 0 aliphatic carbocycles. The molecule has 2 aromatic carbocycles. The highest BCUT2D eigenvalue weighted by atomic mass is 35.5. The molecule has 0 N–H and O–H groups in total. The standard InChI is InChI=1S/C20H14Cl4N2O/c21-16-5-3-15(18(23)9-16)12-26(11-13-2-1-7-25-10-13)20(27)14-4-6-17(22)19(24)8-14/h1-10H,11-12H2. The number of carbonyl (C=O) groups excluding carboxylic acids is 1. The third kappa shape index (κ3) is 5.14. The fourth-order valence-corrected chi connectivity index (χ4v) is 3.35. The molecule has 0 aliphatic rings. The van der Waals surface area contributed by atoms with Crippen molar-refractivity contribution in [3.05, 3.63) is 97.7 Å². The molecule has 0 radical (unpaired) electrons. The van der Waals surface area contributed by atoms with Crippen molar-refractivity contribution in [1.82, 2.24) is 9.88 Å². The van der Waals surface area contributed by atoms with E-state index in [0.717, 1.165) is 11.1 Å². The monoisotopic (exact) mass is 438 g/mol. The molecule has 1 amide bonds. The number of amides is 1. The molecule has 0 unspecified atom stereocenters. The smallest absolute Gasteiger partial charge is 0.254 e. The minimum Gasteiger partial charge on any atom is -0.330 e. The van der Waals surface area contributed by atoms with Crippen molar-refractivity contribution in [2.45, 2.75) is 13.1 Å². The zero-order valence-electron chi connectivity index (χ0n) is 14.0. The van der Waals surface area contributed by atoms with E-state index in [9.17, 15) is 4.79 Å². The van der Waals surface area contributed by atoms with Gasteiger partial charge in [-0.2, -0.15) is 0 Å². The van der Waals surface area contributed by atoms with Crippen LogP contribution in [0.4, 0.5) is 0 Å². The highest BCUT2D eigenvalue weighted by molar-refractivity contribution is 6.42. The predicted octanol–water partition coefficient (Wildman–Crippen LogP) is 6.54. The Morgan fingerprint density at radius 1 is 0.889 bits per heavy atom. The largest absolute Gasteiger partial charge is 0.330 e. The van der Waals surface area contributed by atoms with Gasteiger partial charge in [-0.05, 0) is 47.5 Å². The van der Waals surface area contributed by atoms with Crippen LogP contribution in [0.1, 0.15) is 21.5 Å². The van der Waals surface area contributed by atoms with Crippen LogP contribution in [0.25, 0.3) is 0 Å². The number of pyridine rings is 1. The minimum absolute atomic E-state index is 0.191. The van der Waals surface area contributed by atoms with E-state index in [1.807, 2.05) is 18.2 Å². The number of nitrogens with zero attached hydrogens (tertiary/aromatic N) is 2. The summed E-state index contributed by atoms with van der Waals surface area (Å²) in [5.41, 5.74) is 2.13. The van der Waals surface area contributed by atoms with E-state index in [1.165, 1.54) is 0 Å². The summed E-state index contributed by atoms with van der Waals surface area (Å²) in [6.45, 7) is 0.676. The van der Waals surface area contributed by atoms with Gasteiger partial charge in [0.2, 0.25) is 0 Å². The fraction of sp³-hybridized carbons (Fsp3) is 0.100. The van der Waals surface area contributed by atoms with Crippen LogP contribution < -0.4 is 0 Å². The second-order valence-electron chi connectivity index (χ2n) is 5.89. The van der Waals surface area contributed by atoms with Crippen molar-refractivity contribution in [3.63, 3.8) is 0 Å². The van der Waals surface area contributed by atoms with Crippen molar-refractivity contribution in [1.29, 1.82) is 0 Å². The van der Waals surface area contributed by atoms with Gasteiger partial charge >= 0.3 is 0 Å². The van der Waals surface area contributed by atoms with Crippen LogP contribution in [0.3, 0.4) is 0 Å². The summed E-state index contributed by atoms with van der Waals surface area (Å²) in [5, 5.41) is 1.76. The average molecular weight is 440 g/mol. The lowest BCUT2D eigenvalue weighted by atomic mass is 10.1. The molecule has 7 heteroatoms.